The summed E-state index contributed by atoms with van der Waals surface area (Å²) in [7, 11) is 0. The molecule has 0 N–H and O–H groups in total. The van der Waals surface area contributed by atoms with Gasteiger partial charge in [0.15, 0.2) is 0 Å². The summed E-state index contributed by atoms with van der Waals surface area (Å²) >= 11 is 0. The van der Waals surface area contributed by atoms with E-state index in [4.69, 9.17) is 0 Å². The summed E-state index contributed by atoms with van der Waals surface area (Å²) in [5.74, 6) is 0. The van der Waals surface area contributed by atoms with E-state index < -0.39 is 16.1 Å². The number of nitro groups is 1. The fraction of sp³-hybridized carbons (Fsp3) is 0.875. The Bertz CT molecular complexity index is 296. The molecule has 0 aromatic heterocycles. The number of aliphatic imine (C=N–C) groups is 1. The third-order valence-corrected chi connectivity index (χ3v) is 2.40. The van der Waals surface area contributed by atoms with Gasteiger partial charge in [0.05, 0.1) is 5.54 Å². The lowest BCUT2D eigenvalue weighted by Gasteiger charge is -2.30. The minimum absolute atomic E-state index is 0.336. The van der Waals surface area contributed by atoms with Crippen LogP contribution in [0.2, 0.25) is 0 Å². The van der Waals surface area contributed by atoms with Gasteiger partial charge < -0.3 is 0 Å². The summed E-state index contributed by atoms with van der Waals surface area (Å²) in [6.45, 7) is 6.23. The van der Waals surface area contributed by atoms with E-state index in [-0.39, 0.29) is 6.54 Å². The van der Waals surface area contributed by atoms with Crippen LogP contribution in [0.3, 0.4) is 0 Å². The van der Waals surface area contributed by atoms with Crippen LogP contribution in [0, 0.1) is 10.1 Å². The van der Waals surface area contributed by atoms with E-state index in [2.05, 4.69) is 4.99 Å². The summed E-state index contributed by atoms with van der Waals surface area (Å²) in [6.07, 6.45) is 0. The minimum atomic E-state index is -0.894. The van der Waals surface area contributed by atoms with Crippen molar-refractivity contribution in [1.82, 2.24) is 5.06 Å². The van der Waals surface area contributed by atoms with Gasteiger partial charge in [0, 0.05) is 4.92 Å². The van der Waals surface area contributed by atoms with Gasteiger partial charge in [0.2, 0.25) is 6.54 Å². The lowest BCUT2D eigenvalue weighted by atomic mass is 9.99. The molecule has 0 aromatic carbocycles. The van der Waals surface area contributed by atoms with Crippen LogP contribution in [-0.2, 0) is 5.21 Å². The minimum Gasteiger partial charge on any atom is -0.264 e. The van der Waals surface area contributed by atoms with Crippen LogP contribution >= 0.6 is 0 Å². The first-order chi connectivity index (χ1) is 6.18. The Morgan fingerprint density at radius 3 is 2.21 bits per heavy atom. The Hall–Kier alpha value is -1.01. The second kappa shape index (κ2) is 2.99. The maximum atomic E-state index is 11.7. The Balaban J connectivity index is 3.00. The van der Waals surface area contributed by atoms with Crippen molar-refractivity contribution < 1.29 is 10.1 Å². The fourth-order valence-electron chi connectivity index (χ4n) is 1.66. The Labute approximate surface area is 82.3 Å². The summed E-state index contributed by atoms with van der Waals surface area (Å²) in [5.41, 5.74) is -1.44. The summed E-state index contributed by atoms with van der Waals surface area (Å²) < 4.78 is 0. The summed E-state index contributed by atoms with van der Waals surface area (Å²) in [5, 5.41) is 22.9. The van der Waals surface area contributed by atoms with E-state index in [1.54, 1.807) is 27.7 Å². The topological polar surface area (TPSA) is 78.6 Å². The molecule has 1 aliphatic rings. The number of hydrogen-bond acceptors (Lipinski definition) is 4. The van der Waals surface area contributed by atoms with Gasteiger partial charge in [-0.3, -0.25) is 15.1 Å². The number of nitrogens with zero attached hydrogens (tertiary/aromatic N) is 3. The van der Waals surface area contributed by atoms with Gasteiger partial charge in [-0.2, -0.15) is 0 Å². The number of rotatable bonds is 2. The van der Waals surface area contributed by atoms with Gasteiger partial charge in [-0.15, -0.1) is 10.3 Å². The largest absolute Gasteiger partial charge is 0.264 e. The van der Waals surface area contributed by atoms with Crippen molar-refractivity contribution in [2.45, 2.75) is 38.9 Å². The molecule has 79 valence electrons. The van der Waals surface area contributed by atoms with Crippen molar-refractivity contribution in [1.29, 1.82) is 0 Å². The molecule has 0 unspecified atom stereocenters. The predicted molar refractivity (Wildman–Crippen MR) is 50.0 cm³/mol. The van der Waals surface area contributed by atoms with Gasteiger partial charge in [0.1, 0.15) is 11.4 Å². The zero-order chi connectivity index (χ0) is 11.1. The molecule has 0 saturated carbocycles. The Kier molecular flexibility index (Phi) is 2.37. The molecule has 6 nitrogen and oxygen atoms in total. The van der Waals surface area contributed by atoms with Crippen molar-refractivity contribution in [2.75, 3.05) is 6.54 Å². The Morgan fingerprint density at radius 1 is 1.43 bits per heavy atom. The normalized spacial score (nSPS) is 24.8. The highest BCUT2D eigenvalue weighted by Gasteiger charge is 2.49. The van der Waals surface area contributed by atoms with Crippen molar-refractivity contribution >= 4 is 5.71 Å². The van der Waals surface area contributed by atoms with Gasteiger partial charge in [-0.1, -0.05) is 0 Å². The molecule has 0 saturated heterocycles. The molecule has 0 aliphatic carbocycles. The number of hydroxylamine groups is 2. The third kappa shape index (κ3) is 1.62. The molecule has 0 atom stereocenters. The SMILES string of the molecule is CC1(C)N=C(C[N+](=O)[O-])C(C)(C)N1[O]. The van der Waals surface area contributed by atoms with Crippen molar-refractivity contribution in [2.24, 2.45) is 4.99 Å². The predicted octanol–water partition coefficient (Wildman–Crippen LogP) is 0.880. The molecule has 1 radical (unpaired) electrons. The molecule has 14 heavy (non-hydrogen) atoms. The van der Waals surface area contributed by atoms with Crippen molar-refractivity contribution in [3.05, 3.63) is 10.1 Å². The van der Waals surface area contributed by atoms with Crippen LogP contribution in [0.4, 0.5) is 0 Å². The van der Waals surface area contributed by atoms with E-state index >= 15 is 0 Å². The van der Waals surface area contributed by atoms with Crippen LogP contribution in [0.5, 0.6) is 0 Å². The zero-order valence-corrected chi connectivity index (χ0v) is 8.77. The number of hydrogen-bond donors (Lipinski definition) is 0. The molecular formula is C8H14N3O3. The smallest absolute Gasteiger partial charge is 0.243 e. The van der Waals surface area contributed by atoms with Crippen LogP contribution in [0.25, 0.3) is 0 Å². The van der Waals surface area contributed by atoms with E-state index in [0.29, 0.717) is 5.71 Å². The molecule has 1 heterocycles. The molecule has 0 aromatic rings. The standard InChI is InChI=1S/C8H14N3O3/c1-7(2)6(5-10(12)13)9-8(3,4)11(7)14/h5H2,1-4H3. The molecule has 0 amide bonds. The second-order valence-corrected chi connectivity index (χ2v) is 4.40. The monoisotopic (exact) mass is 200 g/mol. The first-order valence-corrected chi connectivity index (χ1v) is 4.36. The zero-order valence-electron chi connectivity index (χ0n) is 8.77. The van der Waals surface area contributed by atoms with Crippen molar-refractivity contribution in [3.63, 3.8) is 0 Å². The van der Waals surface area contributed by atoms with Gasteiger partial charge in [0.25, 0.3) is 0 Å². The van der Waals surface area contributed by atoms with Gasteiger partial charge in [-0.25, -0.2) is 0 Å². The average molecular weight is 200 g/mol. The van der Waals surface area contributed by atoms with Gasteiger partial charge >= 0.3 is 0 Å². The molecule has 1 rings (SSSR count). The van der Waals surface area contributed by atoms with Crippen LogP contribution in [0.1, 0.15) is 27.7 Å². The quantitative estimate of drug-likeness (QED) is 0.490. The summed E-state index contributed by atoms with van der Waals surface area (Å²) in [4.78, 5) is 14.0. The van der Waals surface area contributed by atoms with Crippen LogP contribution in [-0.4, -0.2) is 33.4 Å². The maximum Gasteiger partial charge on any atom is 0.243 e. The Morgan fingerprint density at radius 2 is 1.93 bits per heavy atom. The molecule has 0 spiro atoms. The first kappa shape index (κ1) is 11.1. The van der Waals surface area contributed by atoms with E-state index in [9.17, 15) is 15.3 Å². The van der Waals surface area contributed by atoms with Crippen LogP contribution in [0.15, 0.2) is 4.99 Å². The van der Waals surface area contributed by atoms with E-state index in [0.717, 1.165) is 5.06 Å². The first-order valence-electron chi connectivity index (χ1n) is 4.36. The van der Waals surface area contributed by atoms with Gasteiger partial charge in [-0.05, 0) is 27.7 Å². The lowest BCUT2D eigenvalue weighted by Crippen LogP contribution is -2.50. The van der Waals surface area contributed by atoms with E-state index in [1.165, 1.54) is 0 Å². The second-order valence-electron chi connectivity index (χ2n) is 4.40. The van der Waals surface area contributed by atoms with Crippen LogP contribution < -0.4 is 0 Å². The molecule has 6 heteroatoms. The lowest BCUT2D eigenvalue weighted by molar-refractivity contribution is -0.463. The third-order valence-electron chi connectivity index (χ3n) is 2.40. The average Bonchev–Trinajstić information content (AvgIpc) is 2.12. The molecule has 0 fully saturated rings. The van der Waals surface area contributed by atoms with E-state index in [1.807, 2.05) is 0 Å². The highest BCUT2D eigenvalue weighted by atomic mass is 16.6. The molecular weight excluding hydrogens is 186 g/mol. The molecule has 1 aliphatic heterocycles. The highest BCUT2D eigenvalue weighted by molar-refractivity contribution is 5.95. The molecule has 0 bridgehead atoms. The fourth-order valence-corrected chi connectivity index (χ4v) is 1.66. The highest BCUT2D eigenvalue weighted by Crippen LogP contribution is 2.33. The maximum absolute atomic E-state index is 11.7. The van der Waals surface area contributed by atoms with Crippen molar-refractivity contribution in [3.8, 4) is 0 Å². The summed E-state index contributed by atoms with van der Waals surface area (Å²) in [6, 6.07) is 0.